The van der Waals surface area contributed by atoms with Crippen LogP contribution in [0.15, 0.2) is 24.4 Å². The van der Waals surface area contributed by atoms with Gasteiger partial charge in [-0.25, -0.2) is 0 Å². The number of benzene rings is 1. The average molecular weight is 273 g/mol. The number of carbonyl (C=O) groups excluding carboxylic acids is 1. The average Bonchev–Trinajstić information content (AvgIpc) is 2.79. The van der Waals surface area contributed by atoms with Gasteiger partial charge in [-0.1, -0.05) is 6.07 Å². The van der Waals surface area contributed by atoms with E-state index in [2.05, 4.69) is 10.4 Å². The number of amides is 1. The maximum atomic E-state index is 11.8. The third-order valence-electron chi connectivity index (χ3n) is 3.60. The topological polar surface area (TPSA) is 76.4 Å². The number of aromatic nitrogens is 2. The number of methoxy groups -OCH3 is 1. The summed E-state index contributed by atoms with van der Waals surface area (Å²) in [6.45, 7) is 0. The molecule has 1 atom stereocenters. The van der Waals surface area contributed by atoms with Crippen molar-refractivity contribution in [2.75, 3.05) is 12.4 Å². The number of fused-ring (bicyclic) bond motifs is 1. The van der Waals surface area contributed by atoms with Crippen LogP contribution in [0.5, 0.6) is 11.5 Å². The molecule has 0 spiro atoms. The number of aryl methyl sites for hydroxylation is 1. The molecule has 2 N–H and O–H groups in total. The lowest BCUT2D eigenvalue weighted by Crippen LogP contribution is -2.24. The zero-order valence-electron chi connectivity index (χ0n) is 11.3. The summed E-state index contributed by atoms with van der Waals surface area (Å²) in [6.07, 6.45) is 2.09. The first-order chi connectivity index (χ1) is 9.60. The lowest BCUT2D eigenvalue weighted by atomic mass is 9.87. The Hall–Kier alpha value is -2.50. The standard InChI is InChI=1S/C14H15N3O3/c1-17-14-10(7-15-17)9(6-13(19)16-14)8-3-4-12(20-2)11(18)5-8/h3-5,7,9,18H,6H2,1-2H3,(H,16,19)/t9-/m0/s1. The van der Waals surface area contributed by atoms with Gasteiger partial charge in [0.1, 0.15) is 5.82 Å². The van der Waals surface area contributed by atoms with Crippen molar-refractivity contribution in [1.29, 1.82) is 0 Å². The van der Waals surface area contributed by atoms with Gasteiger partial charge in [-0.05, 0) is 17.7 Å². The molecule has 0 aliphatic carbocycles. The van der Waals surface area contributed by atoms with Crippen molar-refractivity contribution < 1.29 is 14.6 Å². The van der Waals surface area contributed by atoms with E-state index in [1.54, 1.807) is 30.1 Å². The molecule has 0 unspecified atom stereocenters. The Morgan fingerprint density at radius 3 is 3.00 bits per heavy atom. The van der Waals surface area contributed by atoms with E-state index >= 15 is 0 Å². The summed E-state index contributed by atoms with van der Waals surface area (Å²) in [4.78, 5) is 11.8. The van der Waals surface area contributed by atoms with Gasteiger partial charge >= 0.3 is 0 Å². The van der Waals surface area contributed by atoms with Gasteiger partial charge in [0.15, 0.2) is 11.5 Å². The Morgan fingerprint density at radius 1 is 1.50 bits per heavy atom. The minimum atomic E-state index is -0.107. The SMILES string of the molecule is COc1ccc([C@@H]2CC(=O)Nc3c2cnn3C)cc1O. The summed E-state index contributed by atoms with van der Waals surface area (Å²) in [5.41, 5.74) is 1.82. The highest BCUT2D eigenvalue weighted by atomic mass is 16.5. The Morgan fingerprint density at radius 2 is 2.30 bits per heavy atom. The van der Waals surface area contributed by atoms with Crippen LogP contribution >= 0.6 is 0 Å². The van der Waals surface area contributed by atoms with E-state index < -0.39 is 0 Å². The number of nitrogens with one attached hydrogen (secondary N) is 1. The van der Waals surface area contributed by atoms with Crippen molar-refractivity contribution in [2.24, 2.45) is 7.05 Å². The van der Waals surface area contributed by atoms with Gasteiger partial charge in [0, 0.05) is 24.9 Å². The summed E-state index contributed by atoms with van der Waals surface area (Å²) < 4.78 is 6.68. The van der Waals surface area contributed by atoms with Gasteiger partial charge in [0.05, 0.1) is 13.3 Å². The fraction of sp³-hybridized carbons (Fsp3) is 0.286. The molecule has 0 bridgehead atoms. The number of hydrogen-bond donors (Lipinski definition) is 2. The first-order valence-corrected chi connectivity index (χ1v) is 6.28. The summed E-state index contributed by atoms with van der Waals surface area (Å²) in [6, 6.07) is 5.20. The van der Waals surface area contributed by atoms with Gasteiger partial charge < -0.3 is 15.2 Å². The molecule has 6 nitrogen and oxygen atoms in total. The molecule has 0 fully saturated rings. The van der Waals surface area contributed by atoms with Gasteiger partial charge in [-0.15, -0.1) is 0 Å². The monoisotopic (exact) mass is 273 g/mol. The van der Waals surface area contributed by atoms with Crippen LogP contribution in [0.2, 0.25) is 0 Å². The van der Waals surface area contributed by atoms with Crippen molar-refractivity contribution in [2.45, 2.75) is 12.3 Å². The number of phenols is 1. The van der Waals surface area contributed by atoms with Gasteiger partial charge in [0.25, 0.3) is 0 Å². The zero-order chi connectivity index (χ0) is 14.3. The second-order valence-corrected chi connectivity index (χ2v) is 4.81. The lowest BCUT2D eigenvalue weighted by molar-refractivity contribution is -0.116. The number of hydrogen-bond acceptors (Lipinski definition) is 4. The molecule has 6 heteroatoms. The molecule has 0 saturated carbocycles. The quantitative estimate of drug-likeness (QED) is 0.871. The number of anilines is 1. The van der Waals surface area contributed by atoms with E-state index in [4.69, 9.17) is 4.74 Å². The molecule has 0 radical (unpaired) electrons. The number of carbonyl (C=O) groups is 1. The molecule has 1 amide bonds. The van der Waals surface area contributed by atoms with Crippen molar-refractivity contribution in [3.8, 4) is 11.5 Å². The van der Waals surface area contributed by atoms with Crippen molar-refractivity contribution in [3.05, 3.63) is 35.5 Å². The maximum Gasteiger partial charge on any atom is 0.226 e. The van der Waals surface area contributed by atoms with Crippen LogP contribution in [0.1, 0.15) is 23.5 Å². The number of rotatable bonds is 2. The van der Waals surface area contributed by atoms with E-state index in [-0.39, 0.29) is 17.6 Å². The fourth-order valence-electron chi connectivity index (χ4n) is 2.56. The molecule has 1 aromatic carbocycles. The van der Waals surface area contributed by atoms with Crippen LogP contribution in [-0.4, -0.2) is 27.9 Å². The maximum absolute atomic E-state index is 11.8. The molecule has 1 aliphatic heterocycles. The molecule has 104 valence electrons. The second-order valence-electron chi connectivity index (χ2n) is 4.81. The molecule has 0 saturated heterocycles. The highest BCUT2D eigenvalue weighted by molar-refractivity contribution is 5.94. The zero-order valence-corrected chi connectivity index (χ0v) is 11.3. The highest BCUT2D eigenvalue weighted by Crippen LogP contribution is 2.39. The third kappa shape index (κ3) is 1.89. The number of phenolic OH excluding ortho intramolecular Hbond substituents is 1. The van der Waals surface area contributed by atoms with Crippen molar-refractivity contribution in [3.63, 3.8) is 0 Å². The first-order valence-electron chi connectivity index (χ1n) is 6.28. The van der Waals surface area contributed by atoms with E-state index in [1.165, 1.54) is 7.11 Å². The number of nitrogens with zero attached hydrogens (tertiary/aromatic N) is 2. The smallest absolute Gasteiger partial charge is 0.226 e. The number of aromatic hydroxyl groups is 1. The van der Waals surface area contributed by atoms with Crippen LogP contribution in [0.3, 0.4) is 0 Å². The van der Waals surface area contributed by atoms with Gasteiger partial charge in [-0.3, -0.25) is 9.48 Å². The van der Waals surface area contributed by atoms with E-state index in [9.17, 15) is 9.90 Å². The molecule has 1 aromatic heterocycles. The van der Waals surface area contributed by atoms with E-state index in [0.717, 1.165) is 11.1 Å². The Bertz CT molecular complexity index is 678. The first kappa shape index (κ1) is 12.5. The summed E-state index contributed by atoms with van der Waals surface area (Å²) in [5, 5.41) is 16.9. The van der Waals surface area contributed by atoms with Gasteiger partial charge in [0.2, 0.25) is 5.91 Å². The van der Waals surface area contributed by atoms with Crippen LogP contribution in [0, 0.1) is 0 Å². The molecular weight excluding hydrogens is 258 g/mol. The minimum absolute atomic E-state index is 0.0543. The predicted molar refractivity (Wildman–Crippen MR) is 73.0 cm³/mol. The van der Waals surface area contributed by atoms with Crippen molar-refractivity contribution >= 4 is 11.7 Å². The minimum Gasteiger partial charge on any atom is -0.504 e. The number of ether oxygens (including phenoxy) is 1. The summed E-state index contributed by atoms with van der Waals surface area (Å²) >= 11 is 0. The molecule has 20 heavy (non-hydrogen) atoms. The normalized spacial score (nSPS) is 17.5. The lowest BCUT2D eigenvalue weighted by Gasteiger charge is -2.23. The van der Waals surface area contributed by atoms with E-state index in [1.807, 2.05) is 6.07 Å². The predicted octanol–water partition coefficient (Wildman–Crippen LogP) is 1.61. The third-order valence-corrected chi connectivity index (χ3v) is 3.60. The summed E-state index contributed by atoms with van der Waals surface area (Å²) in [5.74, 6) is 1.04. The molecule has 3 rings (SSSR count). The van der Waals surface area contributed by atoms with Crippen LogP contribution in [0.4, 0.5) is 5.82 Å². The van der Waals surface area contributed by atoms with Crippen molar-refractivity contribution in [1.82, 2.24) is 9.78 Å². The Kier molecular flexibility index (Phi) is 2.85. The summed E-state index contributed by atoms with van der Waals surface area (Å²) in [7, 11) is 3.29. The Labute approximate surface area is 116 Å². The van der Waals surface area contributed by atoms with Crippen LogP contribution in [0.25, 0.3) is 0 Å². The largest absolute Gasteiger partial charge is 0.504 e. The van der Waals surface area contributed by atoms with Crippen LogP contribution < -0.4 is 10.1 Å². The fourth-order valence-corrected chi connectivity index (χ4v) is 2.56. The van der Waals surface area contributed by atoms with E-state index in [0.29, 0.717) is 18.0 Å². The second kappa shape index (κ2) is 4.56. The Balaban J connectivity index is 2.06. The molecule has 1 aliphatic rings. The van der Waals surface area contributed by atoms with Crippen LogP contribution in [-0.2, 0) is 11.8 Å². The molecule has 2 heterocycles. The van der Waals surface area contributed by atoms with Gasteiger partial charge in [-0.2, -0.15) is 5.10 Å². The highest BCUT2D eigenvalue weighted by Gasteiger charge is 2.29. The molecule has 2 aromatic rings. The molecular formula is C14H15N3O3.